The number of aromatic nitrogens is 2. The first-order chi connectivity index (χ1) is 16.2. The third-order valence-electron chi connectivity index (χ3n) is 5.85. The summed E-state index contributed by atoms with van der Waals surface area (Å²) in [5.74, 6) is 2.23. The molecule has 7 heteroatoms. The summed E-state index contributed by atoms with van der Waals surface area (Å²) in [5, 5.41) is 12.5. The molecule has 0 amide bonds. The highest BCUT2D eigenvalue weighted by Gasteiger charge is 2.20. The van der Waals surface area contributed by atoms with Crippen molar-refractivity contribution in [2.45, 2.75) is 51.3 Å². The van der Waals surface area contributed by atoms with Gasteiger partial charge < -0.3 is 24.8 Å². The molecule has 0 radical (unpaired) electrons. The van der Waals surface area contributed by atoms with Crippen LogP contribution < -0.4 is 19.7 Å². The van der Waals surface area contributed by atoms with Crippen LogP contribution in [0.25, 0.3) is 0 Å². The summed E-state index contributed by atoms with van der Waals surface area (Å²) in [7, 11) is 1.67. The molecule has 174 valence electrons. The number of pyridine rings is 2. The average molecular weight is 449 g/mol. The summed E-state index contributed by atoms with van der Waals surface area (Å²) in [6.07, 6.45) is 10.3. The Morgan fingerprint density at radius 2 is 1.91 bits per heavy atom. The fourth-order valence-electron chi connectivity index (χ4n) is 4.05. The fraction of sp³-hybridized carbons (Fsp3) is 0.385. The first-order valence-electron chi connectivity index (χ1n) is 11.5. The van der Waals surface area contributed by atoms with E-state index in [0.29, 0.717) is 6.54 Å². The van der Waals surface area contributed by atoms with E-state index in [1.54, 1.807) is 13.3 Å². The Morgan fingerprint density at radius 3 is 2.58 bits per heavy atom. The van der Waals surface area contributed by atoms with Crippen LogP contribution >= 0.6 is 0 Å². The van der Waals surface area contributed by atoms with Gasteiger partial charge in [0, 0.05) is 36.7 Å². The minimum Gasteiger partial charge on any atom is -0.493 e. The molecule has 1 aromatic carbocycles. The zero-order valence-corrected chi connectivity index (χ0v) is 19.3. The van der Waals surface area contributed by atoms with Crippen molar-refractivity contribution >= 4 is 17.2 Å². The van der Waals surface area contributed by atoms with Gasteiger partial charge in [0.25, 0.3) is 0 Å². The normalized spacial score (nSPS) is 14.6. The topological polar surface area (TPSA) is 79.7 Å². The van der Waals surface area contributed by atoms with E-state index in [1.807, 2.05) is 55.7 Å². The van der Waals surface area contributed by atoms with E-state index >= 15 is 0 Å². The Kier molecular flexibility index (Phi) is 7.62. The second-order valence-corrected chi connectivity index (χ2v) is 8.44. The lowest BCUT2D eigenvalue weighted by atomic mass is 10.2. The van der Waals surface area contributed by atoms with Crippen molar-refractivity contribution in [2.75, 3.05) is 23.9 Å². The molecule has 0 spiro atoms. The molecule has 4 rings (SSSR count). The van der Waals surface area contributed by atoms with Gasteiger partial charge in [0.2, 0.25) is 0 Å². The van der Waals surface area contributed by atoms with E-state index in [9.17, 15) is 5.11 Å². The van der Waals surface area contributed by atoms with Gasteiger partial charge in [-0.1, -0.05) is 6.07 Å². The van der Waals surface area contributed by atoms with Crippen LogP contribution in [0.4, 0.5) is 17.2 Å². The van der Waals surface area contributed by atoms with Crippen molar-refractivity contribution in [2.24, 2.45) is 0 Å². The molecule has 3 aromatic rings. The van der Waals surface area contributed by atoms with Crippen molar-refractivity contribution in [3.05, 3.63) is 66.6 Å². The molecule has 2 aromatic heterocycles. The average Bonchev–Trinajstić information content (AvgIpc) is 3.37. The number of aliphatic hydroxyl groups excluding tert-OH is 1. The summed E-state index contributed by atoms with van der Waals surface area (Å²) >= 11 is 0. The predicted octanol–water partition coefficient (Wildman–Crippen LogP) is 4.94. The number of hydrogen-bond acceptors (Lipinski definition) is 7. The van der Waals surface area contributed by atoms with Crippen LogP contribution in [0.15, 0.2) is 61.1 Å². The Labute approximate surface area is 195 Å². The Hall–Kier alpha value is -3.32. The van der Waals surface area contributed by atoms with Gasteiger partial charge in [0.05, 0.1) is 31.7 Å². The lowest BCUT2D eigenvalue weighted by Crippen LogP contribution is -2.20. The minimum atomic E-state index is -0.0632. The highest BCUT2D eigenvalue weighted by molar-refractivity contribution is 5.67. The lowest BCUT2D eigenvalue weighted by Gasteiger charge is -2.26. The van der Waals surface area contributed by atoms with E-state index in [-0.39, 0.29) is 18.8 Å². The molecule has 7 nitrogen and oxygen atoms in total. The first-order valence-corrected chi connectivity index (χ1v) is 11.5. The third kappa shape index (κ3) is 5.93. The second-order valence-electron chi connectivity index (χ2n) is 8.44. The largest absolute Gasteiger partial charge is 0.493 e. The van der Waals surface area contributed by atoms with E-state index in [0.717, 1.165) is 47.1 Å². The molecule has 1 fully saturated rings. The molecular weight excluding hydrogens is 416 g/mol. The van der Waals surface area contributed by atoms with Crippen LogP contribution in [-0.2, 0) is 6.54 Å². The van der Waals surface area contributed by atoms with E-state index < -0.39 is 0 Å². The zero-order chi connectivity index (χ0) is 23.0. The van der Waals surface area contributed by atoms with E-state index in [2.05, 4.69) is 26.3 Å². The number of benzene rings is 1. The fourth-order valence-corrected chi connectivity index (χ4v) is 4.05. The van der Waals surface area contributed by atoms with Crippen molar-refractivity contribution in [3.63, 3.8) is 0 Å². The monoisotopic (exact) mass is 448 g/mol. The van der Waals surface area contributed by atoms with E-state index in [4.69, 9.17) is 9.47 Å². The summed E-state index contributed by atoms with van der Waals surface area (Å²) in [5.41, 5.74) is 3.01. The molecule has 1 aliphatic rings. The van der Waals surface area contributed by atoms with Gasteiger partial charge in [-0.2, -0.15) is 0 Å². The molecule has 1 saturated carbocycles. The van der Waals surface area contributed by atoms with E-state index in [1.165, 1.54) is 12.8 Å². The standard InChI is InChI=1S/C26H32N4O3/c1-19(18-31)29-26-12-10-22(16-28-26)30(17-20-6-5-13-27-15-20)21-9-11-24(32-2)25(14-21)33-23-7-3-4-8-23/h5-6,9-16,19,23,31H,3-4,7-8,17-18H2,1-2H3,(H,28,29). The summed E-state index contributed by atoms with van der Waals surface area (Å²) in [4.78, 5) is 11.0. The van der Waals surface area contributed by atoms with Crippen molar-refractivity contribution < 1.29 is 14.6 Å². The highest BCUT2D eigenvalue weighted by Crippen LogP contribution is 2.37. The maximum atomic E-state index is 9.30. The highest BCUT2D eigenvalue weighted by atomic mass is 16.5. The van der Waals surface area contributed by atoms with Crippen LogP contribution in [0.2, 0.25) is 0 Å². The molecule has 0 aliphatic heterocycles. The summed E-state index contributed by atoms with van der Waals surface area (Å²) in [6.45, 7) is 2.59. The summed E-state index contributed by atoms with van der Waals surface area (Å²) in [6, 6.07) is 13.9. The molecule has 1 aliphatic carbocycles. The molecule has 1 unspecified atom stereocenters. The Balaban J connectivity index is 1.65. The van der Waals surface area contributed by atoms with Gasteiger partial charge in [0.1, 0.15) is 5.82 Å². The van der Waals surface area contributed by atoms with Gasteiger partial charge in [-0.25, -0.2) is 4.98 Å². The number of aliphatic hydroxyl groups is 1. The number of methoxy groups -OCH3 is 1. The van der Waals surface area contributed by atoms with Crippen LogP contribution in [0.1, 0.15) is 38.2 Å². The van der Waals surface area contributed by atoms with Gasteiger partial charge in [-0.3, -0.25) is 4.98 Å². The molecule has 2 heterocycles. The van der Waals surface area contributed by atoms with Crippen LogP contribution in [0.3, 0.4) is 0 Å². The predicted molar refractivity (Wildman–Crippen MR) is 130 cm³/mol. The van der Waals surface area contributed by atoms with Crippen LogP contribution in [0, 0.1) is 0 Å². The summed E-state index contributed by atoms with van der Waals surface area (Å²) < 4.78 is 11.9. The maximum absolute atomic E-state index is 9.30. The number of nitrogens with one attached hydrogen (secondary N) is 1. The van der Waals surface area contributed by atoms with Crippen molar-refractivity contribution in [3.8, 4) is 11.5 Å². The van der Waals surface area contributed by atoms with Gasteiger partial charge in [-0.15, -0.1) is 0 Å². The SMILES string of the molecule is COc1ccc(N(Cc2cccnc2)c2ccc(NC(C)CO)nc2)cc1OC1CCCC1. The molecule has 1 atom stereocenters. The van der Waals surface area contributed by atoms with Crippen molar-refractivity contribution in [1.29, 1.82) is 0 Å². The quantitative estimate of drug-likeness (QED) is 0.455. The number of hydrogen-bond donors (Lipinski definition) is 2. The Bertz CT molecular complexity index is 1010. The van der Waals surface area contributed by atoms with Gasteiger partial charge >= 0.3 is 0 Å². The number of ether oxygens (including phenoxy) is 2. The minimum absolute atomic E-state index is 0.0478. The molecule has 0 bridgehead atoms. The molecular formula is C26H32N4O3. The van der Waals surface area contributed by atoms with Crippen molar-refractivity contribution in [1.82, 2.24) is 9.97 Å². The van der Waals surface area contributed by atoms with Crippen LogP contribution in [0.5, 0.6) is 11.5 Å². The smallest absolute Gasteiger partial charge is 0.163 e. The number of rotatable bonds is 10. The molecule has 2 N–H and O–H groups in total. The number of anilines is 3. The lowest BCUT2D eigenvalue weighted by molar-refractivity contribution is 0.201. The maximum Gasteiger partial charge on any atom is 0.163 e. The molecule has 33 heavy (non-hydrogen) atoms. The van der Waals surface area contributed by atoms with Gasteiger partial charge in [0.15, 0.2) is 11.5 Å². The molecule has 0 saturated heterocycles. The first kappa shape index (κ1) is 22.9. The Morgan fingerprint density at radius 1 is 1.09 bits per heavy atom. The number of nitrogens with zero attached hydrogens (tertiary/aromatic N) is 3. The second kappa shape index (κ2) is 11.0. The third-order valence-corrected chi connectivity index (χ3v) is 5.85. The zero-order valence-electron chi connectivity index (χ0n) is 19.3. The van der Waals surface area contributed by atoms with Crippen LogP contribution in [-0.4, -0.2) is 40.9 Å². The van der Waals surface area contributed by atoms with Gasteiger partial charge in [-0.05, 0) is 68.5 Å².